The Kier molecular flexibility index (Phi) is 6.78. The van der Waals surface area contributed by atoms with Crippen molar-refractivity contribution < 1.29 is 9.69 Å². The molecule has 3 rings (SSSR count). The molecule has 2 aromatic rings. The summed E-state index contributed by atoms with van der Waals surface area (Å²) in [4.78, 5) is 16.4. The second-order valence-electron chi connectivity index (χ2n) is 6.75. The van der Waals surface area contributed by atoms with Gasteiger partial charge < -0.3 is 14.4 Å². The number of amides is 1. The predicted octanol–water partition coefficient (Wildman–Crippen LogP) is 1.85. The summed E-state index contributed by atoms with van der Waals surface area (Å²) in [6.07, 6.45) is 0. The number of aromatic nitrogens is 3. The number of thioether (sulfide) groups is 1. The number of halogens is 1. The zero-order valence-corrected chi connectivity index (χ0v) is 17.7. The van der Waals surface area contributed by atoms with Gasteiger partial charge in [0.1, 0.15) is 0 Å². The van der Waals surface area contributed by atoms with E-state index in [0.717, 1.165) is 55.8 Å². The van der Waals surface area contributed by atoms with Gasteiger partial charge in [0.15, 0.2) is 11.0 Å². The molecule has 2 heterocycles. The molecule has 0 saturated carbocycles. The molecule has 1 atom stereocenters. The number of hydrogen-bond acceptors (Lipinski definition) is 4. The summed E-state index contributed by atoms with van der Waals surface area (Å²) in [5.74, 6) is 0.991. The highest BCUT2D eigenvalue weighted by Gasteiger charge is 2.28. The third-order valence-corrected chi connectivity index (χ3v) is 6.37. The summed E-state index contributed by atoms with van der Waals surface area (Å²) in [5.41, 5.74) is 0.971. The minimum Gasteiger partial charge on any atom is -0.332 e. The molecule has 0 bridgehead atoms. The quantitative estimate of drug-likeness (QED) is 0.741. The molecule has 0 unspecified atom stereocenters. The molecule has 1 aromatic heterocycles. The molecule has 1 aliphatic heterocycles. The smallest absolute Gasteiger partial charge is 0.236 e. The molecular weight excluding hydrogens is 382 g/mol. The van der Waals surface area contributed by atoms with Crippen LogP contribution >= 0.6 is 23.4 Å². The molecule has 0 radical (unpaired) electrons. The van der Waals surface area contributed by atoms with Crippen molar-refractivity contribution in [2.45, 2.75) is 37.7 Å². The van der Waals surface area contributed by atoms with Crippen molar-refractivity contribution in [3.63, 3.8) is 0 Å². The molecule has 1 fully saturated rings. The Morgan fingerprint density at radius 1 is 1.22 bits per heavy atom. The molecule has 1 amide bonds. The first-order valence-corrected chi connectivity index (χ1v) is 10.8. The number of nitrogens with one attached hydrogen (secondary N) is 1. The van der Waals surface area contributed by atoms with Gasteiger partial charge in [-0.1, -0.05) is 23.4 Å². The van der Waals surface area contributed by atoms with Crippen molar-refractivity contribution in [2.24, 2.45) is 0 Å². The van der Waals surface area contributed by atoms with Gasteiger partial charge in [0.05, 0.1) is 38.0 Å². The number of quaternary nitrogens is 1. The molecular formula is C19H27ClN5OS+. The van der Waals surface area contributed by atoms with Crippen molar-refractivity contribution in [3.05, 3.63) is 29.3 Å². The fraction of sp³-hybridized carbons (Fsp3) is 0.526. The number of piperazine rings is 1. The summed E-state index contributed by atoms with van der Waals surface area (Å²) in [6, 6.07) is 7.58. The first-order chi connectivity index (χ1) is 13.0. The number of likely N-dealkylation sites (N-methyl/N-ethyl adjacent to an activating group) is 1. The van der Waals surface area contributed by atoms with Crippen LogP contribution in [0.3, 0.4) is 0 Å². The van der Waals surface area contributed by atoms with Crippen molar-refractivity contribution >= 4 is 29.3 Å². The van der Waals surface area contributed by atoms with Crippen molar-refractivity contribution in [3.8, 4) is 11.4 Å². The molecule has 146 valence electrons. The maximum atomic E-state index is 12.8. The summed E-state index contributed by atoms with van der Waals surface area (Å²) in [6.45, 7) is 11.8. The van der Waals surface area contributed by atoms with E-state index < -0.39 is 0 Å². The molecule has 1 aromatic carbocycles. The van der Waals surface area contributed by atoms with Crippen LogP contribution in [0.1, 0.15) is 20.8 Å². The van der Waals surface area contributed by atoms with Gasteiger partial charge in [-0.05, 0) is 45.0 Å². The van der Waals surface area contributed by atoms with Gasteiger partial charge in [-0.2, -0.15) is 0 Å². The molecule has 27 heavy (non-hydrogen) atoms. The first kappa shape index (κ1) is 20.2. The highest BCUT2D eigenvalue weighted by Crippen LogP contribution is 2.28. The maximum absolute atomic E-state index is 12.8. The summed E-state index contributed by atoms with van der Waals surface area (Å²) in [7, 11) is 0. The molecule has 0 aliphatic carbocycles. The molecule has 0 spiro atoms. The Bertz CT molecular complexity index is 771. The van der Waals surface area contributed by atoms with Crippen molar-refractivity contribution in [2.75, 3.05) is 32.7 Å². The minimum absolute atomic E-state index is 0.180. The van der Waals surface area contributed by atoms with Crippen LogP contribution in [-0.2, 0) is 11.3 Å². The number of hydrogen-bond donors (Lipinski definition) is 1. The number of carbonyl (C=O) groups excluding carboxylic acids is 1. The van der Waals surface area contributed by atoms with Crippen LogP contribution < -0.4 is 4.90 Å². The van der Waals surface area contributed by atoms with E-state index in [-0.39, 0.29) is 11.2 Å². The average Bonchev–Trinajstić information content (AvgIpc) is 3.10. The Balaban J connectivity index is 1.70. The second-order valence-corrected chi connectivity index (χ2v) is 8.49. The van der Waals surface area contributed by atoms with Gasteiger partial charge in [0.25, 0.3) is 0 Å². The van der Waals surface area contributed by atoms with Crippen LogP contribution in [0.5, 0.6) is 0 Å². The van der Waals surface area contributed by atoms with Crippen LogP contribution in [0.4, 0.5) is 0 Å². The SMILES string of the molecule is CCn1c(S[C@@H](C)C(=O)N2CC[NH+](CC)CC2)nnc1-c1ccc(Cl)cc1. The third-order valence-electron chi connectivity index (χ3n) is 5.05. The Morgan fingerprint density at radius 3 is 2.48 bits per heavy atom. The van der Waals surface area contributed by atoms with E-state index in [2.05, 4.69) is 28.6 Å². The van der Waals surface area contributed by atoms with Crippen LogP contribution in [-0.4, -0.2) is 63.5 Å². The monoisotopic (exact) mass is 408 g/mol. The lowest BCUT2D eigenvalue weighted by atomic mass is 10.2. The van der Waals surface area contributed by atoms with Crippen molar-refractivity contribution in [1.29, 1.82) is 0 Å². The van der Waals surface area contributed by atoms with Gasteiger partial charge in [0.2, 0.25) is 5.91 Å². The van der Waals surface area contributed by atoms with E-state index in [1.807, 2.05) is 36.1 Å². The third kappa shape index (κ3) is 4.65. The molecule has 1 N–H and O–H groups in total. The summed E-state index contributed by atoms with van der Waals surface area (Å²) < 4.78 is 2.05. The van der Waals surface area contributed by atoms with Gasteiger partial charge in [-0.3, -0.25) is 4.79 Å². The molecule has 6 nitrogen and oxygen atoms in total. The number of nitrogens with zero attached hydrogens (tertiary/aromatic N) is 4. The van der Waals surface area contributed by atoms with Crippen LogP contribution in [0.2, 0.25) is 5.02 Å². The van der Waals surface area contributed by atoms with E-state index >= 15 is 0 Å². The lowest BCUT2D eigenvalue weighted by Gasteiger charge is -2.32. The number of benzene rings is 1. The lowest BCUT2D eigenvalue weighted by molar-refractivity contribution is -0.902. The second kappa shape index (κ2) is 9.08. The van der Waals surface area contributed by atoms with Gasteiger partial charge in [0, 0.05) is 17.1 Å². The van der Waals surface area contributed by atoms with E-state index in [1.54, 1.807) is 4.90 Å². The zero-order valence-electron chi connectivity index (χ0n) is 16.1. The van der Waals surface area contributed by atoms with Crippen LogP contribution in [0, 0.1) is 0 Å². The lowest BCUT2D eigenvalue weighted by Crippen LogP contribution is -3.14. The first-order valence-electron chi connectivity index (χ1n) is 9.51. The van der Waals surface area contributed by atoms with Crippen LogP contribution in [0.25, 0.3) is 11.4 Å². The van der Waals surface area contributed by atoms with E-state index in [9.17, 15) is 4.79 Å². The normalized spacial score (nSPS) is 16.5. The van der Waals surface area contributed by atoms with Gasteiger partial charge in [-0.25, -0.2) is 0 Å². The van der Waals surface area contributed by atoms with Crippen molar-refractivity contribution in [1.82, 2.24) is 19.7 Å². The summed E-state index contributed by atoms with van der Waals surface area (Å²) >= 11 is 7.47. The Hall–Kier alpha value is -1.57. The molecule has 1 aliphatic rings. The van der Waals surface area contributed by atoms with E-state index in [0.29, 0.717) is 5.02 Å². The fourth-order valence-electron chi connectivity index (χ4n) is 3.34. The predicted molar refractivity (Wildman–Crippen MR) is 109 cm³/mol. The highest BCUT2D eigenvalue weighted by atomic mass is 35.5. The fourth-order valence-corrected chi connectivity index (χ4v) is 4.46. The largest absolute Gasteiger partial charge is 0.332 e. The molecule has 1 saturated heterocycles. The Morgan fingerprint density at radius 2 is 1.89 bits per heavy atom. The average molecular weight is 409 g/mol. The van der Waals surface area contributed by atoms with Crippen LogP contribution in [0.15, 0.2) is 29.4 Å². The van der Waals surface area contributed by atoms with E-state index in [4.69, 9.17) is 11.6 Å². The van der Waals surface area contributed by atoms with Gasteiger partial charge >= 0.3 is 0 Å². The number of carbonyl (C=O) groups is 1. The standard InChI is InChI=1S/C19H26ClN5OS/c1-4-23-10-12-24(13-11-23)18(26)14(3)27-19-22-21-17(25(19)5-2)15-6-8-16(20)9-7-15/h6-9,14H,4-5,10-13H2,1-3H3/p+1/t14-/m0/s1. The highest BCUT2D eigenvalue weighted by molar-refractivity contribution is 8.00. The molecule has 8 heteroatoms. The topological polar surface area (TPSA) is 55.5 Å². The Labute approximate surface area is 169 Å². The summed E-state index contributed by atoms with van der Waals surface area (Å²) in [5, 5.41) is 9.99. The number of rotatable bonds is 6. The minimum atomic E-state index is -0.180. The van der Waals surface area contributed by atoms with E-state index in [1.165, 1.54) is 11.8 Å². The maximum Gasteiger partial charge on any atom is 0.236 e. The zero-order chi connectivity index (χ0) is 19.4. The van der Waals surface area contributed by atoms with Gasteiger partial charge in [-0.15, -0.1) is 10.2 Å².